The normalized spacial score (nSPS) is 8.74. The van der Waals surface area contributed by atoms with Crippen LogP contribution in [0.3, 0.4) is 0 Å². The van der Waals surface area contributed by atoms with Gasteiger partial charge in [-0.15, -0.1) is 11.5 Å². The summed E-state index contributed by atoms with van der Waals surface area (Å²) in [5, 5.41) is 46.6. The van der Waals surface area contributed by atoms with Gasteiger partial charge in [-0.3, -0.25) is 0 Å². The fourth-order valence-corrected chi connectivity index (χ4v) is 2.01. The Kier molecular flexibility index (Phi) is 17.7. The molecule has 0 aliphatic rings. The number of hydrogen-bond donors (Lipinski definition) is 3. The minimum Gasteiger partial charge on any atom is -0.872 e. The molecule has 3 rings (SSSR count). The van der Waals surface area contributed by atoms with Crippen molar-refractivity contribution in [3.63, 3.8) is 0 Å². The molecule has 0 amide bonds. The van der Waals surface area contributed by atoms with Crippen molar-refractivity contribution in [1.82, 2.24) is 0 Å². The summed E-state index contributed by atoms with van der Waals surface area (Å²) < 4.78 is 4.75. The Morgan fingerprint density at radius 2 is 1.00 bits per heavy atom. The minimum absolute atomic E-state index is 0. The summed E-state index contributed by atoms with van der Waals surface area (Å²) in [5.74, 6) is -2.60. The molecule has 0 unspecified atom stereocenters. The first kappa shape index (κ1) is 33.6. The number of carboxylic acid groups (broad SMARTS) is 2. The third-order valence-corrected chi connectivity index (χ3v) is 3.58. The number of carboxylic acids is 2. The van der Waals surface area contributed by atoms with E-state index in [1.54, 1.807) is 6.92 Å². The number of ether oxygens (including phenoxy) is 1. The molecule has 0 aromatic heterocycles. The zero-order chi connectivity index (χ0) is 24.1. The summed E-state index contributed by atoms with van der Waals surface area (Å²) in [7, 11) is 0. The first-order chi connectivity index (χ1) is 15.1. The van der Waals surface area contributed by atoms with Gasteiger partial charge in [-0.1, -0.05) is 24.3 Å². The third-order valence-electron chi connectivity index (χ3n) is 3.58. The van der Waals surface area contributed by atoms with Crippen molar-refractivity contribution < 1.29 is 104 Å². The van der Waals surface area contributed by atoms with Crippen LogP contribution in [0, 0.1) is 0 Å². The molecule has 9 nitrogen and oxygen atoms in total. The standard InChI is InChI=1S/C9H10O3.2C7H6O3.2Na/c1-2-12-9(11)7-3-5-8(10)6-4-7;2*8-6-3-1-5(2-4-6)7(9)10;;/h3-6,10H,2H2,1H3;2*1-4,8H,(H,9,10);;/q;;;2*+1/p-2. The Hall–Kier alpha value is -2.53. The molecule has 0 aliphatic carbocycles. The van der Waals surface area contributed by atoms with Crippen molar-refractivity contribution in [2.24, 2.45) is 0 Å². The average Bonchev–Trinajstić information content (AvgIpc) is 2.76. The third kappa shape index (κ3) is 13.2. The number of benzene rings is 3. The van der Waals surface area contributed by atoms with Crippen molar-refractivity contribution in [2.45, 2.75) is 6.92 Å². The van der Waals surface area contributed by atoms with Crippen molar-refractivity contribution >= 4 is 17.9 Å². The molecule has 0 spiro atoms. The largest absolute Gasteiger partial charge is 1.00 e. The Bertz CT molecular complexity index is 964. The fourth-order valence-electron chi connectivity index (χ4n) is 2.01. The Morgan fingerprint density at radius 3 is 1.29 bits per heavy atom. The summed E-state index contributed by atoms with van der Waals surface area (Å²) in [6, 6.07) is 16.0. The molecule has 0 aliphatic heterocycles. The molecule has 0 bridgehead atoms. The van der Waals surface area contributed by atoms with Crippen LogP contribution in [0.15, 0.2) is 72.8 Å². The predicted octanol–water partition coefficient (Wildman–Crippen LogP) is -3.51. The smallest absolute Gasteiger partial charge is 0.872 e. The molecule has 0 fully saturated rings. The van der Waals surface area contributed by atoms with Crippen LogP contribution >= 0.6 is 0 Å². The quantitative estimate of drug-likeness (QED) is 0.250. The van der Waals surface area contributed by atoms with E-state index >= 15 is 0 Å². The van der Waals surface area contributed by atoms with Gasteiger partial charge in [0.1, 0.15) is 5.75 Å². The van der Waals surface area contributed by atoms with E-state index in [2.05, 4.69) is 0 Å². The summed E-state index contributed by atoms with van der Waals surface area (Å²) in [4.78, 5) is 31.5. The number of esters is 1. The topological polar surface area (TPSA) is 167 Å². The summed E-state index contributed by atoms with van der Waals surface area (Å²) in [6.07, 6.45) is 0. The van der Waals surface area contributed by atoms with E-state index in [0.717, 1.165) is 0 Å². The Labute approximate surface area is 240 Å². The van der Waals surface area contributed by atoms with E-state index in [9.17, 15) is 24.6 Å². The van der Waals surface area contributed by atoms with E-state index in [4.69, 9.17) is 20.1 Å². The molecular weight excluding hydrogens is 466 g/mol. The second-order valence-electron chi connectivity index (χ2n) is 5.93. The van der Waals surface area contributed by atoms with Gasteiger partial charge < -0.3 is 30.3 Å². The van der Waals surface area contributed by atoms with Crippen LogP contribution in [0.1, 0.15) is 38.0 Å². The van der Waals surface area contributed by atoms with Gasteiger partial charge in [0.05, 0.1) is 23.3 Å². The second-order valence-corrected chi connectivity index (χ2v) is 5.93. The number of aromatic hydroxyl groups is 1. The molecule has 0 atom stereocenters. The maximum atomic E-state index is 11.1. The number of carbonyl (C=O) groups excluding carboxylic acids is 1. The van der Waals surface area contributed by atoms with Crippen LogP contribution in [0.25, 0.3) is 0 Å². The van der Waals surface area contributed by atoms with Gasteiger partial charge in [0.2, 0.25) is 0 Å². The van der Waals surface area contributed by atoms with Crippen LogP contribution in [-0.4, -0.2) is 39.8 Å². The summed E-state index contributed by atoms with van der Waals surface area (Å²) in [6.45, 7) is 2.11. The van der Waals surface area contributed by atoms with Gasteiger partial charge >= 0.3 is 77.0 Å². The van der Waals surface area contributed by atoms with Crippen molar-refractivity contribution in [2.75, 3.05) is 6.61 Å². The zero-order valence-corrected chi connectivity index (χ0v) is 22.9. The molecule has 168 valence electrons. The van der Waals surface area contributed by atoms with Gasteiger partial charge in [0.15, 0.2) is 0 Å². The van der Waals surface area contributed by atoms with E-state index in [1.165, 1.54) is 72.8 Å². The van der Waals surface area contributed by atoms with Crippen LogP contribution in [0.5, 0.6) is 17.2 Å². The van der Waals surface area contributed by atoms with Crippen molar-refractivity contribution in [1.29, 1.82) is 0 Å². The SMILES string of the molecule is CCOC(=O)c1ccc(O)cc1.O=C(O)c1ccc([O-])cc1.O=C(O)c1ccc([O-])cc1.[Na+].[Na+]. The van der Waals surface area contributed by atoms with Gasteiger partial charge in [-0.25, -0.2) is 14.4 Å². The van der Waals surface area contributed by atoms with E-state index in [1.807, 2.05) is 0 Å². The van der Waals surface area contributed by atoms with Gasteiger partial charge in [0.25, 0.3) is 0 Å². The van der Waals surface area contributed by atoms with Crippen molar-refractivity contribution in [3.05, 3.63) is 89.5 Å². The molecule has 11 heteroatoms. The van der Waals surface area contributed by atoms with Crippen molar-refractivity contribution in [3.8, 4) is 17.2 Å². The van der Waals surface area contributed by atoms with Crippen LogP contribution in [-0.2, 0) is 4.74 Å². The molecule has 3 N–H and O–H groups in total. The number of rotatable bonds is 4. The van der Waals surface area contributed by atoms with E-state index in [0.29, 0.717) is 12.2 Å². The number of phenols is 1. The molecule has 0 saturated carbocycles. The zero-order valence-electron chi connectivity index (χ0n) is 18.9. The van der Waals surface area contributed by atoms with Crippen LogP contribution in [0.4, 0.5) is 0 Å². The monoisotopic (exact) mass is 486 g/mol. The van der Waals surface area contributed by atoms with Crippen LogP contribution in [0.2, 0.25) is 0 Å². The molecule has 0 heterocycles. The van der Waals surface area contributed by atoms with E-state index in [-0.39, 0.29) is 93.5 Å². The van der Waals surface area contributed by atoms with Crippen LogP contribution < -0.4 is 69.3 Å². The Morgan fingerprint density at radius 1 is 0.676 bits per heavy atom. The van der Waals surface area contributed by atoms with Gasteiger partial charge in [0, 0.05) is 0 Å². The predicted molar refractivity (Wildman–Crippen MR) is 110 cm³/mol. The number of phenolic OH excluding ortho intramolecular Hbond substituents is 1. The van der Waals surface area contributed by atoms with E-state index < -0.39 is 11.9 Å². The first-order valence-corrected chi connectivity index (χ1v) is 9.11. The number of hydrogen-bond acceptors (Lipinski definition) is 7. The molecular formula is C23H20Na2O9. The average molecular weight is 486 g/mol. The fraction of sp³-hybridized carbons (Fsp3) is 0.0870. The Balaban J connectivity index is 0. The summed E-state index contributed by atoms with van der Waals surface area (Å²) in [5.41, 5.74) is 0.730. The number of aromatic carboxylic acids is 2. The minimum atomic E-state index is -1.01. The molecule has 0 radical (unpaired) electrons. The first-order valence-electron chi connectivity index (χ1n) is 9.11. The molecule has 34 heavy (non-hydrogen) atoms. The maximum Gasteiger partial charge on any atom is 1.00 e. The van der Waals surface area contributed by atoms with Gasteiger partial charge in [-0.2, -0.15) is 0 Å². The molecule has 0 saturated heterocycles. The molecule has 3 aromatic carbocycles. The number of carbonyl (C=O) groups is 3. The molecule has 3 aromatic rings. The second kappa shape index (κ2) is 17.9. The van der Waals surface area contributed by atoms with Gasteiger partial charge in [-0.05, 0) is 55.5 Å². The summed E-state index contributed by atoms with van der Waals surface area (Å²) >= 11 is 0. The maximum absolute atomic E-state index is 11.1.